The van der Waals surface area contributed by atoms with E-state index >= 15 is 0 Å². The second-order valence-electron chi connectivity index (χ2n) is 5.88. The molecular formula is C21H27NO5. The van der Waals surface area contributed by atoms with Gasteiger partial charge in [-0.25, -0.2) is 0 Å². The van der Waals surface area contributed by atoms with Crippen LogP contribution in [-0.2, 0) is 22.6 Å². The first-order valence-corrected chi connectivity index (χ1v) is 9.01. The maximum atomic E-state index is 11.8. The Balaban J connectivity index is 2.12. The van der Waals surface area contributed by atoms with Gasteiger partial charge in [-0.3, -0.25) is 4.79 Å². The van der Waals surface area contributed by atoms with Gasteiger partial charge in [-0.1, -0.05) is 18.2 Å². The minimum atomic E-state index is -0.703. The van der Waals surface area contributed by atoms with Gasteiger partial charge in [0.2, 0.25) is 0 Å². The van der Waals surface area contributed by atoms with Crippen LogP contribution >= 0.6 is 0 Å². The van der Waals surface area contributed by atoms with Gasteiger partial charge in [0.05, 0.1) is 20.3 Å². The molecular weight excluding hydrogens is 346 g/mol. The summed E-state index contributed by atoms with van der Waals surface area (Å²) in [5.74, 6) is 1.66. The highest BCUT2D eigenvalue weighted by Crippen LogP contribution is 2.29. The van der Waals surface area contributed by atoms with Crippen molar-refractivity contribution in [2.45, 2.75) is 32.9 Å². The number of esters is 1. The van der Waals surface area contributed by atoms with Crippen LogP contribution in [-0.4, -0.2) is 32.3 Å². The first kappa shape index (κ1) is 20.6. The van der Waals surface area contributed by atoms with E-state index in [1.54, 1.807) is 14.0 Å². The summed E-state index contributed by atoms with van der Waals surface area (Å²) >= 11 is 0. The molecule has 1 atom stereocenters. The lowest BCUT2D eigenvalue weighted by Crippen LogP contribution is -2.34. The van der Waals surface area contributed by atoms with Crippen molar-refractivity contribution in [1.82, 2.24) is 0 Å². The standard InChI is InChI=1S/C21H27NO5/c1-4-25-19-8-6-7-9-20(19)27-14-16-12-15(10-11-18(16)24-3)13-17(22)21(23)26-5-2/h6-12,17H,4-5,13-14,22H2,1-3H3. The molecule has 1 unspecified atom stereocenters. The number of methoxy groups -OCH3 is 1. The molecule has 0 fully saturated rings. The molecule has 0 spiro atoms. The molecule has 2 N–H and O–H groups in total. The number of hydrogen-bond acceptors (Lipinski definition) is 6. The zero-order valence-electron chi connectivity index (χ0n) is 16.1. The van der Waals surface area contributed by atoms with E-state index in [-0.39, 0.29) is 0 Å². The van der Waals surface area contributed by atoms with E-state index in [4.69, 9.17) is 24.7 Å². The number of nitrogens with two attached hydrogens (primary N) is 1. The van der Waals surface area contributed by atoms with Crippen LogP contribution in [0.3, 0.4) is 0 Å². The van der Waals surface area contributed by atoms with E-state index in [1.807, 2.05) is 49.4 Å². The molecule has 2 aromatic rings. The third-order valence-corrected chi connectivity index (χ3v) is 3.92. The van der Waals surface area contributed by atoms with Gasteiger partial charge in [0.1, 0.15) is 18.4 Å². The number of carbonyl (C=O) groups excluding carboxylic acids is 1. The molecule has 0 saturated heterocycles. The van der Waals surface area contributed by atoms with E-state index in [0.717, 1.165) is 11.1 Å². The lowest BCUT2D eigenvalue weighted by Gasteiger charge is -2.15. The molecule has 0 heterocycles. The highest BCUT2D eigenvalue weighted by atomic mass is 16.5. The Morgan fingerprint density at radius 2 is 1.70 bits per heavy atom. The fourth-order valence-electron chi connectivity index (χ4n) is 2.66. The Morgan fingerprint density at radius 3 is 2.33 bits per heavy atom. The number of carbonyl (C=O) groups is 1. The molecule has 146 valence electrons. The Hall–Kier alpha value is -2.73. The maximum absolute atomic E-state index is 11.8. The van der Waals surface area contributed by atoms with Crippen molar-refractivity contribution in [1.29, 1.82) is 0 Å². The molecule has 0 amide bonds. The summed E-state index contributed by atoms with van der Waals surface area (Å²) in [5, 5.41) is 0. The zero-order valence-corrected chi connectivity index (χ0v) is 16.1. The molecule has 6 heteroatoms. The predicted octanol–water partition coefficient (Wildman–Crippen LogP) is 3.11. The fraction of sp³-hybridized carbons (Fsp3) is 0.381. The van der Waals surface area contributed by atoms with Crippen LogP contribution in [0.5, 0.6) is 17.2 Å². The summed E-state index contributed by atoms with van der Waals surface area (Å²) in [6.07, 6.45) is 0.380. The summed E-state index contributed by atoms with van der Waals surface area (Å²) in [6, 6.07) is 12.5. The number of rotatable bonds is 10. The van der Waals surface area contributed by atoms with Crippen molar-refractivity contribution >= 4 is 5.97 Å². The van der Waals surface area contributed by atoms with Gasteiger partial charge in [0.25, 0.3) is 0 Å². The Bertz CT molecular complexity index is 747. The van der Waals surface area contributed by atoms with Gasteiger partial charge in [0.15, 0.2) is 11.5 Å². The van der Waals surface area contributed by atoms with Crippen LogP contribution in [0.1, 0.15) is 25.0 Å². The van der Waals surface area contributed by atoms with E-state index in [9.17, 15) is 4.79 Å². The van der Waals surface area contributed by atoms with Crippen molar-refractivity contribution < 1.29 is 23.7 Å². The quantitative estimate of drug-likeness (QED) is 0.645. The van der Waals surface area contributed by atoms with Crippen molar-refractivity contribution in [2.24, 2.45) is 5.73 Å². The molecule has 2 rings (SSSR count). The topological polar surface area (TPSA) is 80.0 Å². The average molecular weight is 373 g/mol. The molecule has 6 nitrogen and oxygen atoms in total. The van der Waals surface area contributed by atoms with Gasteiger partial charge >= 0.3 is 5.97 Å². The van der Waals surface area contributed by atoms with E-state index in [1.165, 1.54) is 0 Å². The predicted molar refractivity (Wildman–Crippen MR) is 103 cm³/mol. The Morgan fingerprint density at radius 1 is 1.00 bits per heavy atom. The largest absolute Gasteiger partial charge is 0.496 e. The Kier molecular flexibility index (Phi) is 7.95. The maximum Gasteiger partial charge on any atom is 0.323 e. The molecule has 0 aromatic heterocycles. The number of hydrogen-bond donors (Lipinski definition) is 1. The second-order valence-corrected chi connectivity index (χ2v) is 5.88. The van der Waals surface area contributed by atoms with Crippen molar-refractivity contribution in [2.75, 3.05) is 20.3 Å². The third-order valence-electron chi connectivity index (χ3n) is 3.92. The van der Waals surface area contributed by atoms with Gasteiger partial charge in [-0.2, -0.15) is 0 Å². The van der Waals surface area contributed by atoms with Gasteiger partial charge in [-0.15, -0.1) is 0 Å². The van der Waals surface area contributed by atoms with Crippen LogP contribution in [0.4, 0.5) is 0 Å². The molecule has 27 heavy (non-hydrogen) atoms. The first-order chi connectivity index (χ1) is 13.1. The molecule has 0 bridgehead atoms. The minimum Gasteiger partial charge on any atom is -0.496 e. The first-order valence-electron chi connectivity index (χ1n) is 9.01. The lowest BCUT2D eigenvalue weighted by atomic mass is 10.0. The summed E-state index contributed by atoms with van der Waals surface area (Å²) < 4.78 is 21.9. The number of para-hydroxylation sites is 2. The minimum absolute atomic E-state index is 0.301. The van der Waals surface area contributed by atoms with Crippen molar-refractivity contribution in [3.8, 4) is 17.2 Å². The van der Waals surface area contributed by atoms with E-state index in [2.05, 4.69) is 0 Å². The second kappa shape index (κ2) is 10.4. The monoisotopic (exact) mass is 373 g/mol. The van der Waals surface area contributed by atoms with Gasteiger partial charge < -0.3 is 24.7 Å². The fourth-order valence-corrected chi connectivity index (χ4v) is 2.66. The number of ether oxygens (including phenoxy) is 4. The van der Waals surface area contributed by atoms with Crippen LogP contribution in [0, 0.1) is 0 Å². The molecule has 0 radical (unpaired) electrons. The van der Waals surface area contributed by atoms with Crippen molar-refractivity contribution in [3.05, 3.63) is 53.6 Å². The van der Waals surface area contributed by atoms with Crippen LogP contribution in [0.25, 0.3) is 0 Å². The molecule has 2 aromatic carbocycles. The zero-order chi connectivity index (χ0) is 19.6. The third kappa shape index (κ3) is 5.89. The molecule has 0 aliphatic heterocycles. The van der Waals surface area contributed by atoms with Crippen LogP contribution in [0.2, 0.25) is 0 Å². The summed E-state index contributed by atoms with van der Waals surface area (Å²) in [6.45, 7) is 4.86. The smallest absolute Gasteiger partial charge is 0.323 e. The molecule has 0 aliphatic rings. The average Bonchev–Trinajstić information content (AvgIpc) is 2.68. The van der Waals surface area contributed by atoms with E-state index < -0.39 is 12.0 Å². The number of benzene rings is 2. The highest BCUT2D eigenvalue weighted by Gasteiger charge is 2.16. The summed E-state index contributed by atoms with van der Waals surface area (Å²) in [5.41, 5.74) is 7.69. The van der Waals surface area contributed by atoms with Crippen molar-refractivity contribution in [3.63, 3.8) is 0 Å². The molecule has 0 saturated carbocycles. The normalized spacial score (nSPS) is 11.6. The van der Waals surface area contributed by atoms with Gasteiger partial charge in [-0.05, 0) is 50.1 Å². The van der Waals surface area contributed by atoms with Crippen LogP contribution in [0.15, 0.2) is 42.5 Å². The summed E-state index contributed by atoms with van der Waals surface area (Å²) in [4.78, 5) is 11.8. The SMILES string of the molecule is CCOC(=O)C(N)Cc1ccc(OC)c(COc2ccccc2OCC)c1. The Labute approximate surface area is 160 Å². The van der Waals surface area contributed by atoms with E-state index in [0.29, 0.717) is 43.5 Å². The summed E-state index contributed by atoms with van der Waals surface area (Å²) in [7, 11) is 1.61. The van der Waals surface area contributed by atoms with Gasteiger partial charge in [0, 0.05) is 5.56 Å². The van der Waals surface area contributed by atoms with Crippen LogP contribution < -0.4 is 19.9 Å². The lowest BCUT2D eigenvalue weighted by molar-refractivity contribution is -0.144. The molecule has 0 aliphatic carbocycles. The highest BCUT2D eigenvalue weighted by molar-refractivity contribution is 5.75.